The van der Waals surface area contributed by atoms with Crippen LogP contribution in [-0.4, -0.2) is 22.5 Å². The summed E-state index contributed by atoms with van der Waals surface area (Å²) in [6, 6.07) is 9.97. The number of ketones is 1. The molecule has 0 radical (unpaired) electrons. The van der Waals surface area contributed by atoms with Gasteiger partial charge in [0.1, 0.15) is 11.7 Å². The topological polar surface area (TPSA) is 89.6 Å². The zero-order chi connectivity index (χ0) is 28.9. The van der Waals surface area contributed by atoms with E-state index in [-0.39, 0.29) is 21.6 Å². The van der Waals surface area contributed by atoms with Crippen LogP contribution in [0.3, 0.4) is 0 Å². The van der Waals surface area contributed by atoms with Crippen molar-refractivity contribution in [2.75, 3.05) is 5.73 Å². The number of benzene rings is 2. The van der Waals surface area contributed by atoms with Crippen LogP contribution < -0.4 is 5.73 Å². The quantitative estimate of drug-likeness (QED) is 0.117. The van der Waals surface area contributed by atoms with E-state index in [1.165, 1.54) is 50.3 Å². The van der Waals surface area contributed by atoms with Crippen LogP contribution in [0.25, 0.3) is 0 Å². The summed E-state index contributed by atoms with van der Waals surface area (Å²) in [4.78, 5) is 23.6. The molecule has 0 aliphatic rings. The predicted molar refractivity (Wildman–Crippen MR) is 148 cm³/mol. The normalized spacial score (nSPS) is 12.3. The van der Waals surface area contributed by atoms with E-state index >= 15 is 0 Å². The Morgan fingerprint density at radius 2 is 1.50 bits per heavy atom. The number of anilines is 1. The highest BCUT2D eigenvalue weighted by Crippen LogP contribution is 2.40. The van der Waals surface area contributed by atoms with E-state index in [2.05, 4.69) is 22.9 Å². The van der Waals surface area contributed by atoms with Crippen LogP contribution in [0.5, 0.6) is 0 Å². The predicted octanol–water partition coefficient (Wildman–Crippen LogP) is 8.44. The molecular weight excluding hydrogens is 563 g/mol. The summed E-state index contributed by atoms with van der Waals surface area (Å²) in [7, 11) is 0. The van der Waals surface area contributed by atoms with E-state index in [0.717, 1.165) is 18.9 Å². The van der Waals surface area contributed by atoms with Gasteiger partial charge in [0, 0.05) is 16.5 Å². The van der Waals surface area contributed by atoms with Gasteiger partial charge in [0.25, 0.3) is 0 Å². The first-order valence-electron chi connectivity index (χ1n) is 12.8. The van der Waals surface area contributed by atoms with Gasteiger partial charge in [-0.15, -0.1) is 0 Å². The van der Waals surface area contributed by atoms with Crippen LogP contribution in [0.4, 0.5) is 18.9 Å². The highest BCUT2D eigenvalue weighted by Gasteiger charge is 2.39. The molecule has 0 aromatic heterocycles. The highest BCUT2D eigenvalue weighted by atomic mass is 79.9. The van der Waals surface area contributed by atoms with Gasteiger partial charge in [-0.05, 0) is 60.8 Å². The van der Waals surface area contributed by atoms with Crippen LogP contribution in [0.1, 0.15) is 107 Å². The van der Waals surface area contributed by atoms with E-state index in [4.69, 9.17) is 10.5 Å². The Balaban J connectivity index is 0.000000403. The molecule has 0 saturated heterocycles. The van der Waals surface area contributed by atoms with Crippen molar-refractivity contribution in [2.24, 2.45) is 0 Å². The number of carbonyl (C=O) groups is 2. The van der Waals surface area contributed by atoms with Gasteiger partial charge in [-0.3, -0.25) is 9.59 Å². The number of alkyl halides is 3. The van der Waals surface area contributed by atoms with Crippen LogP contribution in [0, 0.1) is 0 Å². The Morgan fingerprint density at radius 1 is 0.947 bits per heavy atom. The third-order valence-corrected chi connectivity index (χ3v) is 6.20. The number of aliphatic hydroxyl groups is 1. The van der Waals surface area contributed by atoms with Crippen molar-refractivity contribution in [3.63, 3.8) is 0 Å². The second-order valence-corrected chi connectivity index (χ2v) is 10.9. The minimum Gasteiger partial charge on any atom is -0.460 e. The number of Topliss-reactive ketones (excluding diaryl/α,β-unsaturated/α-hetero) is 1. The summed E-state index contributed by atoms with van der Waals surface area (Å²) < 4.78 is 44.8. The third-order valence-electron chi connectivity index (χ3n) is 5.51. The number of hydrogen-bond acceptors (Lipinski definition) is 5. The molecule has 0 spiro atoms. The molecule has 0 aliphatic heterocycles. The Kier molecular flexibility index (Phi) is 14.1. The molecule has 38 heavy (non-hydrogen) atoms. The fourth-order valence-corrected chi connectivity index (χ4v) is 3.99. The van der Waals surface area contributed by atoms with Crippen molar-refractivity contribution in [1.82, 2.24) is 0 Å². The maximum Gasteiger partial charge on any atom is 0.419 e. The van der Waals surface area contributed by atoms with Gasteiger partial charge in [0.05, 0.1) is 11.3 Å². The fourth-order valence-electron chi connectivity index (χ4n) is 3.66. The van der Waals surface area contributed by atoms with E-state index < -0.39 is 34.9 Å². The summed E-state index contributed by atoms with van der Waals surface area (Å²) >= 11 is 2.90. The first-order chi connectivity index (χ1) is 17.7. The average molecular weight is 603 g/mol. The number of halogens is 4. The Hall–Kier alpha value is -2.39. The smallest absolute Gasteiger partial charge is 0.419 e. The molecule has 9 heteroatoms. The van der Waals surface area contributed by atoms with Crippen LogP contribution >= 0.6 is 15.9 Å². The van der Waals surface area contributed by atoms with Crippen molar-refractivity contribution < 1.29 is 32.6 Å². The number of nitrogen functional groups attached to an aromatic ring is 1. The molecule has 0 heterocycles. The first-order valence-corrected chi connectivity index (χ1v) is 13.6. The summed E-state index contributed by atoms with van der Waals surface area (Å²) in [6.07, 6.45) is 2.73. The summed E-state index contributed by atoms with van der Waals surface area (Å²) in [6.45, 7) is 7.96. The lowest BCUT2D eigenvalue weighted by Crippen LogP contribution is -2.23. The van der Waals surface area contributed by atoms with Crippen LogP contribution in [0.15, 0.2) is 46.9 Å². The van der Waals surface area contributed by atoms with Gasteiger partial charge >= 0.3 is 12.1 Å². The molecule has 2 aromatic rings. The Bertz CT molecular complexity index is 1020. The summed E-state index contributed by atoms with van der Waals surface area (Å²) in [5.74, 6) is -1.11. The standard InChI is InChI=1S/C15H11BrF3NO2.C14H28O2/c16-10-7-6-9(11(12(10)20)15(17,18)19)14(22)13(21)8-4-2-1-3-5-8;1-5-6-7-8-9-10-11-12-13(15)16-14(2,3)4/h1-7,13,21H,20H2;5-12H2,1-4H3. The molecule has 2 rings (SSSR count). The van der Waals surface area contributed by atoms with Crippen molar-refractivity contribution in [3.8, 4) is 0 Å². The summed E-state index contributed by atoms with van der Waals surface area (Å²) in [5, 5.41) is 10.0. The van der Waals surface area contributed by atoms with E-state index in [9.17, 15) is 27.9 Å². The zero-order valence-corrected chi connectivity index (χ0v) is 24.1. The SMILES string of the molecule is CCCCCCCCCC(=O)OC(C)(C)C.Nc1c(Br)ccc(C(=O)C(O)c2ccccc2)c1C(F)(F)F. The average Bonchev–Trinajstić information content (AvgIpc) is 2.83. The molecule has 0 saturated carbocycles. The minimum atomic E-state index is -4.81. The summed E-state index contributed by atoms with van der Waals surface area (Å²) in [5.41, 5.74) is 2.83. The largest absolute Gasteiger partial charge is 0.460 e. The number of nitrogens with two attached hydrogens (primary N) is 1. The lowest BCUT2D eigenvalue weighted by Gasteiger charge is -2.19. The van der Waals surface area contributed by atoms with Gasteiger partial charge in [0.15, 0.2) is 5.78 Å². The van der Waals surface area contributed by atoms with Crippen LogP contribution in [-0.2, 0) is 15.7 Å². The maximum absolute atomic E-state index is 13.2. The number of carbonyl (C=O) groups excluding carboxylic acids is 2. The monoisotopic (exact) mass is 601 g/mol. The van der Waals surface area contributed by atoms with E-state index in [1.807, 2.05) is 20.8 Å². The van der Waals surface area contributed by atoms with Gasteiger partial charge < -0.3 is 15.6 Å². The molecule has 0 aliphatic carbocycles. The maximum atomic E-state index is 13.2. The molecule has 0 amide bonds. The number of aliphatic hydroxyl groups excluding tert-OH is 1. The molecule has 1 unspecified atom stereocenters. The number of hydrogen-bond donors (Lipinski definition) is 2. The fraction of sp³-hybridized carbons (Fsp3) is 0.517. The van der Waals surface area contributed by atoms with Crippen molar-refractivity contribution >= 4 is 33.4 Å². The van der Waals surface area contributed by atoms with Crippen molar-refractivity contribution in [3.05, 3.63) is 63.6 Å². The Morgan fingerprint density at radius 3 is 2.03 bits per heavy atom. The first kappa shape index (κ1) is 33.6. The van der Waals surface area contributed by atoms with Crippen molar-refractivity contribution in [1.29, 1.82) is 0 Å². The van der Waals surface area contributed by atoms with Gasteiger partial charge in [0.2, 0.25) is 0 Å². The lowest BCUT2D eigenvalue weighted by atomic mass is 9.95. The van der Waals surface area contributed by atoms with Gasteiger partial charge in [-0.1, -0.05) is 75.8 Å². The van der Waals surface area contributed by atoms with Gasteiger partial charge in [-0.2, -0.15) is 13.2 Å². The number of ether oxygens (including phenoxy) is 1. The second kappa shape index (κ2) is 15.9. The zero-order valence-electron chi connectivity index (χ0n) is 22.5. The molecule has 3 N–H and O–H groups in total. The molecule has 2 aromatic carbocycles. The second-order valence-electron chi connectivity index (χ2n) is 10.0. The third kappa shape index (κ3) is 12.0. The lowest BCUT2D eigenvalue weighted by molar-refractivity contribution is -0.155. The minimum absolute atomic E-state index is 0.0329. The van der Waals surface area contributed by atoms with Gasteiger partial charge in [-0.25, -0.2) is 0 Å². The van der Waals surface area contributed by atoms with Crippen LogP contribution in [0.2, 0.25) is 0 Å². The number of unbranched alkanes of at least 4 members (excludes halogenated alkanes) is 6. The number of esters is 1. The Labute approximate surface area is 232 Å². The molecular formula is C29H39BrF3NO4. The van der Waals surface area contributed by atoms with E-state index in [1.54, 1.807) is 18.2 Å². The van der Waals surface area contributed by atoms with Crippen molar-refractivity contribution in [2.45, 2.75) is 96.9 Å². The molecule has 5 nitrogen and oxygen atoms in total. The molecule has 1 atom stereocenters. The highest BCUT2D eigenvalue weighted by molar-refractivity contribution is 9.10. The molecule has 0 bridgehead atoms. The molecule has 0 fully saturated rings. The van der Waals surface area contributed by atoms with E-state index in [0.29, 0.717) is 6.42 Å². The molecule has 212 valence electrons. The number of rotatable bonds is 11.